The molecule has 0 atom stereocenters. The Balaban J connectivity index is 0.000000307. The van der Waals surface area contributed by atoms with E-state index >= 15 is 0 Å². The predicted octanol–water partition coefficient (Wildman–Crippen LogP) is 12.4. The fourth-order valence-corrected chi connectivity index (χ4v) is 4.25. The van der Waals surface area contributed by atoms with Crippen LogP contribution in [0.15, 0.2) is 67.3 Å². The van der Waals surface area contributed by atoms with Gasteiger partial charge in [0.25, 0.3) is 0 Å². The third-order valence-corrected chi connectivity index (χ3v) is 7.90. The summed E-state index contributed by atoms with van der Waals surface area (Å²) < 4.78 is 3.99. The number of nitrogens with zero attached hydrogens (tertiary/aromatic N) is 5. The first kappa shape index (κ1) is 40.8. The van der Waals surface area contributed by atoms with Crippen LogP contribution in [0.3, 0.4) is 0 Å². The highest BCUT2D eigenvalue weighted by Crippen LogP contribution is 2.20. The third-order valence-electron chi connectivity index (χ3n) is 7.90. The van der Waals surface area contributed by atoms with Gasteiger partial charge in [-0.2, -0.15) is 10.2 Å². The minimum absolute atomic E-state index is 0.475. The second-order valence-corrected chi connectivity index (χ2v) is 14.8. The molecule has 0 fully saturated rings. The average Bonchev–Trinajstić information content (AvgIpc) is 3.70. The molecule has 1 aromatic carbocycles. The molecule has 4 rings (SSSR count). The van der Waals surface area contributed by atoms with Gasteiger partial charge in [0.15, 0.2) is 0 Å². The van der Waals surface area contributed by atoms with E-state index in [1.807, 2.05) is 28.0 Å². The van der Waals surface area contributed by atoms with Crippen molar-refractivity contribution >= 4 is 0 Å². The van der Waals surface area contributed by atoms with Crippen LogP contribution in [-0.4, -0.2) is 24.5 Å². The maximum Gasteiger partial charge on any atom is 0.0650 e. The zero-order valence-electron chi connectivity index (χ0n) is 32.2. The average molecular weight is 630 g/mol. The van der Waals surface area contributed by atoms with Gasteiger partial charge < -0.3 is 0 Å². The van der Waals surface area contributed by atoms with Crippen molar-refractivity contribution in [3.05, 3.63) is 101 Å². The highest BCUT2D eigenvalue weighted by molar-refractivity contribution is 5.26. The smallest absolute Gasteiger partial charge is 0.0650 e. The van der Waals surface area contributed by atoms with Crippen LogP contribution in [0.4, 0.5) is 0 Å². The predicted molar refractivity (Wildman–Crippen MR) is 200 cm³/mol. The minimum Gasteiger partial charge on any atom is -0.270 e. The van der Waals surface area contributed by atoms with Crippen molar-refractivity contribution in [2.45, 2.75) is 158 Å². The molecule has 0 saturated carbocycles. The summed E-state index contributed by atoms with van der Waals surface area (Å²) in [4.78, 5) is 4.40. The zero-order chi connectivity index (χ0) is 35.1. The first-order valence-corrected chi connectivity index (χ1v) is 17.6. The van der Waals surface area contributed by atoms with E-state index in [4.69, 9.17) is 0 Å². The topological polar surface area (TPSA) is 48.5 Å². The molecule has 0 amide bonds. The van der Waals surface area contributed by atoms with Gasteiger partial charge >= 0.3 is 0 Å². The van der Waals surface area contributed by atoms with Crippen molar-refractivity contribution in [2.24, 2.45) is 0 Å². The highest BCUT2D eigenvalue weighted by Gasteiger charge is 2.06. The van der Waals surface area contributed by atoms with E-state index in [1.165, 1.54) is 33.6 Å². The summed E-state index contributed by atoms with van der Waals surface area (Å²) in [7, 11) is 0. The van der Waals surface area contributed by atoms with E-state index in [9.17, 15) is 0 Å². The van der Waals surface area contributed by atoms with Crippen molar-refractivity contribution in [1.29, 1.82) is 0 Å². The Labute approximate surface area is 283 Å². The molecule has 0 bridgehead atoms. The van der Waals surface area contributed by atoms with E-state index < -0.39 is 0 Å². The van der Waals surface area contributed by atoms with Gasteiger partial charge in [0.2, 0.25) is 0 Å². The molecule has 0 N–H and O–H groups in total. The van der Waals surface area contributed by atoms with E-state index in [2.05, 4.69) is 175 Å². The van der Waals surface area contributed by atoms with Crippen LogP contribution < -0.4 is 0 Å². The fraction of sp³-hybridized carbons (Fsp3) is 0.585. The van der Waals surface area contributed by atoms with Gasteiger partial charge in [-0.25, -0.2) is 0 Å². The highest BCUT2D eigenvalue weighted by atomic mass is 15.3. The molecule has 5 nitrogen and oxygen atoms in total. The Bertz CT molecular complexity index is 1130. The second-order valence-electron chi connectivity index (χ2n) is 14.8. The van der Waals surface area contributed by atoms with Crippen LogP contribution in [-0.2, 0) is 0 Å². The Morgan fingerprint density at radius 1 is 0.413 bits per heavy atom. The lowest BCUT2D eigenvalue weighted by Gasteiger charge is -2.08. The normalized spacial score (nSPS) is 11.3. The molecular formula is C41H67N5. The molecule has 0 aliphatic heterocycles. The van der Waals surface area contributed by atoms with Gasteiger partial charge in [-0.3, -0.25) is 14.3 Å². The van der Waals surface area contributed by atoms with Crippen molar-refractivity contribution < 1.29 is 0 Å². The Hall–Kier alpha value is -3.21. The fourth-order valence-electron chi connectivity index (χ4n) is 4.25. The summed E-state index contributed by atoms with van der Waals surface area (Å²) in [6.45, 7) is 34.8. The molecule has 0 radical (unpaired) electrons. The minimum atomic E-state index is 0.475. The van der Waals surface area contributed by atoms with Gasteiger partial charge in [0.1, 0.15) is 0 Å². The maximum atomic E-state index is 4.43. The quantitative estimate of drug-likeness (QED) is 0.195. The van der Waals surface area contributed by atoms with Crippen molar-refractivity contribution in [3.8, 4) is 0 Å². The van der Waals surface area contributed by atoms with E-state index in [0.29, 0.717) is 47.6 Å². The van der Waals surface area contributed by atoms with E-state index in [-0.39, 0.29) is 0 Å². The molecule has 0 aliphatic rings. The van der Waals surface area contributed by atoms with Gasteiger partial charge in [-0.15, -0.1) is 0 Å². The SMILES string of the molecule is CC(C)c1ccc(C(C)C)cc1.CC(C)c1ccc(C(C)C)nc1.CC(C)c1ccn(C(C)C)n1.CC(C)c1cnn(C(C)C)c1. The Kier molecular flexibility index (Phi) is 17.8. The molecule has 3 heterocycles. The van der Waals surface area contributed by atoms with Crippen molar-refractivity contribution in [1.82, 2.24) is 24.5 Å². The van der Waals surface area contributed by atoms with E-state index in [1.54, 1.807) is 0 Å². The number of aromatic nitrogens is 5. The van der Waals surface area contributed by atoms with Crippen molar-refractivity contribution in [2.75, 3.05) is 0 Å². The number of pyridine rings is 1. The number of hydrogen-bond acceptors (Lipinski definition) is 3. The van der Waals surface area contributed by atoms with Gasteiger partial charge in [-0.05, 0) is 97.6 Å². The summed E-state index contributed by atoms with van der Waals surface area (Å²) in [6.07, 6.45) is 8.10. The summed E-state index contributed by atoms with van der Waals surface area (Å²) in [5.41, 5.74) is 7.86. The monoisotopic (exact) mass is 630 g/mol. The Morgan fingerprint density at radius 2 is 0.848 bits per heavy atom. The molecule has 5 heteroatoms. The van der Waals surface area contributed by atoms with E-state index in [0.717, 1.165) is 0 Å². The van der Waals surface area contributed by atoms with Crippen LogP contribution in [0.25, 0.3) is 0 Å². The zero-order valence-corrected chi connectivity index (χ0v) is 32.2. The lowest BCUT2D eigenvalue weighted by Crippen LogP contribution is -2.02. The Morgan fingerprint density at radius 3 is 1.11 bits per heavy atom. The first-order valence-electron chi connectivity index (χ1n) is 17.6. The molecular weight excluding hydrogens is 562 g/mol. The third kappa shape index (κ3) is 14.5. The lowest BCUT2D eigenvalue weighted by molar-refractivity contribution is 0.523. The summed E-state index contributed by atoms with van der Waals surface area (Å²) in [5.74, 6) is 3.53. The van der Waals surface area contributed by atoms with Gasteiger partial charge in [0.05, 0.1) is 11.9 Å². The number of benzene rings is 1. The number of rotatable bonds is 8. The summed E-state index contributed by atoms with van der Waals surface area (Å²) >= 11 is 0. The van der Waals surface area contributed by atoms with Crippen molar-refractivity contribution in [3.63, 3.8) is 0 Å². The maximum absolute atomic E-state index is 4.43. The molecule has 46 heavy (non-hydrogen) atoms. The van der Waals surface area contributed by atoms with Gasteiger partial charge in [-0.1, -0.05) is 113 Å². The molecule has 0 spiro atoms. The molecule has 0 saturated heterocycles. The standard InChI is InChI=1S/C12H18.C11H17N.2C9H16N2/c1-9(2)11-5-7-12(8-6-11)10(3)4;1-8(2)10-5-6-11(9(3)4)12-7-10;1-7(2)9-5-10-11(6-9)8(3)4;1-7(2)9-5-6-11(10-9)8(3)4/h5-10H,1-4H3;5-9H,1-4H3;2*5-8H,1-4H3. The van der Waals surface area contributed by atoms with Crippen LogP contribution in [0.1, 0.15) is 192 Å². The molecule has 3 aromatic heterocycles. The van der Waals surface area contributed by atoms with Crippen LogP contribution in [0, 0.1) is 0 Å². The second kappa shape index (κ2) is 20.1. The summed E-state index contributed by atoms with van der Waals surface area (Å²) in [6, 6.07) is 16.3. The lowest BCUT2D eigenvalue weighted by atomic mass is 9.97. The first-order chi connectivity index (χ1) is 21.4. The van der Waals surface area contributed by atoms with Crippen LogP contribution in [0.5, 0.6) is 0 Å². The van der Waals surface area contributed by atoms with Crippen LogP contribution >= 0.6 is 0 Å². The molecule has 4 aromatic rings. The largest absolute Gasteiger partial charge is 0.270 e. The molecule has 256 valence electrons. The molecule has 0 aliphatic carbocycles. The molecule has 0 unspecified atom stereocenters. The van der Waals surface area contributed by atoms with Crippen LogP contribution in [0.2, 0.25) is 0 Å². The number of hydrogen-bond donors (Lipinski definition) is 0. The summed E-state index contributed by atoms with van der Waals surface area (Å²) in [5, 5.41) is 8.68. The van der Waals surface area contributed by atoms with Gasteiger partial charge in [0, 0.05) is 36.4 Å².